The molecule has 3 heteroatoms. The molecule has 1 aliphatic rings. The zero-order chi connectivity index (χ0) is 13.1. The van der Waals surface area contributed by atoms with Crippen molar-refractivity contribution < 1.29 is 9.18 Å². The van der Waals surface area contributed by atoms with Crippen molar-refractivity contribution >= 4 is 17.4 Å². The quantitative estimate of drug-likeness (QED) is 0.714. The van der Waals surface area contributed by atoms with Gasteiger partial charge in [0.15, 0.2) is 5.78 Å². The van der Waals surface area contributed by atoms with Crippen molar-refractivity contribution in [3.63, 3.8) is 0 Å². The second kappa shape index (κ2) is 5.83. The van der Waals surface area contributed by atoms with Gasteiger partial charge in [0.05, 0.1) is 5.56 Å². The van der Waals surface area contributed by atoms with Crippen molar-refractivity contribution in [2.75, 3.05) is 0 Å². The number of hydrogen-bond donors (Lipinski definition) is 0. The maximum atomic E-state index is 13.8. The van der Waals surface area contributed by atoms with E-state index >= 15 is 0 Å². The minimum Gasteiger partial charge on any atom is -0.294 e. The van der Waals surface area contributed by atoms with Crippen molar-refractivity contribution in [1.29, 1.82) is 0 Å². The fourth-order valence-electron chi connectivity index (χ4n) is 2.93. The summed E-state index contributed by atoms with van der Waals surface area (Å²) in [5.41, 5.74) is 0.199. The number of rotatable bonds is 3. The first-order valence-electron chi connectivity index (χ1n) is 6.62. The van der Waals surface area contributed by atoms with E-state index in [9.17, 15) is 9.18 Å². The lowest BCUT2D eigenvalue weighted by molar-refractivity contribution is 0.0816. The molecule has 1 aromatic rings. The molecule has 2 atom stereocenters. The van der Waals surface area contributed by atoms with Crippen molar-refractivity contribution in [2.24, 2.45) is 11.8 Å². The van der Waals surface area contributed by atoms with Gasteiger partial charge in [0.2, 0.25) is 0 Å². The molecule has 0 spiro atoms. The lowest BCUT2D eigenvalue weighted by Gasteiger charge is -2.29. The first-order valence-corrected chi connectivity index (χ1v) is 7.00. The van der Waals surface area contributed by atoms with Gasteiger partial charge in [-0.05, 0) is 37.0 Å². The summed E-state index contributed by atoms with van der Waals surface area (Å²) in [5, 5.41) is 0.333. The Kier molecular flexibility index (Phi) is 4.39. The minimum atomic E-state index is -0.493. The van der Waals surface area contributed by atoms with Crippen molar-refractivity contribution in [3.8, 4) is 0 Å². The Morgan fingerprint density at radius 1 is 1.39 bits per heavy atom. The van der Waals surface area contributed by atoms with Crippen molar-refractivity contribution in [3.05, 3.63) is 34.6 Å². The molecule has 0 radical (unpaired) electrons. The van der Waals surface area contributed by atoms with Crippen LogP contribution >= 0.6 is 11.6 Å². The van der Waals surface area contributed by atoms with E-state index in [4.69, 9.17) is 11.6 Å². The zero-order valence-electron chi connectivity index (χ0n) is 10.6. The smallest absolute Gasteiger partial charge is 0.169 e. The van der Waals surface area contributed by atoms with Crippen LogP contribution in [0.15, 0.2) is 18.2 Å². The van der Waals surface area contributed by atoms with Gasteiger partial charge in [0.1, 0.15) is 5.82 Å². The molecule has 1 aromatic carbocycles. The lowest BCUT2D eigenvalue weighted by Crippen LogP contribution is -2.27. The van der Waals surface area contributed by atoms with Crippen molar-refractivity contribution in [2.45, 2.75) is 39.0 Å². The first-order chi connectivity index (χ1) is 8.63. The molecule has 0 aliphatic heterocycles. The SMILES string of the molecule is CCC1CCCCC1C(=O)c1ccc(Cl)cc1F. The Hall–Kier alpha value is -0.890. The van der Waals surface area contributed by atoms with Crippen LogP contribution in [0.2, 0.25) is 5.02 Å². The molecule has 0 bridgehead atoms. The molecule has 98 valence electrons. The average Bonchev–Trinajstić information content (AvgIpc) is 2.38. The van der Waals surface area contributed by atoms with Gasteiger partial charge in [-0.2, -0.15) is 0 Å². The maximum Gasteiger partial charge on any atom is 0.169 e. The molecule has 0 aromatic heterocycles. The molecule has 1 fully saturated rings. The number of carbonyl (C=O) groups excluding carboxylic acids is 1. The third-order valence-corrected chi connectivity index (χ3v) is 4.20. The Morgan fingerprint density at radius 2 is 2.11 bits per heavy atom. The van der Waals surface area contributed by atoms with Crippen LogP contribution in [0.25, 0.3) is 0 Å². The predicted octanol–water partition coefficient (Wildman–Crippen LogP) is 4.88. The molecule has 2 rings (SSSR count). The third kappa shape index (κ3) is 2.74. The maximum absolute atomic E-state index is 13.8. The highest BCUT2D eigenvalue weighted by atomic mass is 35.5. The highest BCUT2D eigenvalue weighted by molar-refractivity contribution is 6.30. The van der Waals surface area contributed by atoms with E-state index in [1.54, 1.807) is 6.07 Å². The third-order valence-electron chi connectivity index (χ3n) is 3.97. The van der Waals surface area contributed by atoms with E-state index in [1.807, 2.05) is 0 Å². The molecule has 1 aliphatic carbocycles. The first kappa shape index (κ1) is 13.5. The summed E-state index contributed by atoms with van der Waals surface area (Å²) >= 11 is 5.71. The van der Waals surface area contributed by atoms with Crippen LogP contribution in [-0.4, -0.2) is 5.78 Å². The fourth-order valence-corrected chi connectivity index (χ4v) is 3.09. The zero-order valence-corrected chi connectivity index (χ0v) is 11.3. The molecular formula is C15H18ClFO. The molecule has 0 N–H and O–H groups in total. The number of carbonyl (C=O) groups is 1. The van der Waals surface area contributed by atoms with E-state index in [-0.39, 0.29) is 17.3 Å². The lowest BCUT2D eigenvalue weighted by atomic mass is 9.74. The molecule has 2 unspecified atom stereocenters. The molecule has 0 amide bonds. The summed E-state index contributed by atoms with van der Waals surface area (Å²) in [6.45, 7) is 2.11. The van der Waals surface area contributed by atoms with Crippen molar-refractivity contribution in [1.82, 2.24) is 0 Å². The molecule has 1 nitrogen and oxygen atoms in total. The van der Waals surface area contributed by atoms with Crippen LogP contribution in [0.5, 0.6) is 0 Å². The summed E-state index contributed by atoms with van der Waals surface area (Å²) in [5.74, 6) is -0.149. The van der Waals surface area contributed by atoms with Crippen LogP contribution in [0.4, 0.5) is 4.39 Å². The topological polar surface area (TPSA) is 17.1 Å². The Balaban J connectivity index is 2.24. The Bertz CT molecular complexity index is 444. The van der Waals surface area contributed by atoms with Gasteiger partial charge in [-0.1, -0.05) is 37.8 Å². The molecule has 1 saturated carbocycles. The van der Waals surface area contributed by atoms with E-state index in [2.05, 4.69) is 6.92 Å². The monoisotopic (exact) mass is 268 g/mol. The summed E-state index contributed by atoms with van der Waals surface area (Å²) in [4.78, 5) is 12.4. The Labute approximate surface area is 112 Å². The van der Waals surface area contributed by atoms with Gasteiger partial charge in [0, 0.05) is 10.9 Å². The summed E-state index contributed by atoms with van der Waals surface area (Å²) in [6.07, 6.45) is 5.22. The standard InChI is InChI=1S/C15H18ClFO/c1-2-10-5-3-4-6-12(10)15(18)13-8-7-11(16)9-14(13)17/h7-10,12H,2-6H2,1H3. The summed E-state index contributed by atoms with van der Waals surface area (Å²) in [7, 11) is 0. The van der Waals surface area contributed by atoms with E-state index in [0.29, 0.717) is 10.9 Å². The number of benzene rings is 1. The number of hydrogen-bond acceptors (Lipinski definition) is 1. The van der Waals surface area contributed by atoms with E-state index in [0.717, 1.165) is 25.7 Å². The Morgan fingerprint density at radius 3 is 2.78 bits per heavy atom. The predicted molar refractivity (Wildman–Crippen MR) is 71.5 cm³/mol. The highest BCUT2D eigenvalue weighted by Gasteiger charge is 2.31. The highest BCUT2D eigenvalue weighted by Crippen LogP contribution is 2.35. The van der Waals surface area contributed by atoms with Gasteiger partial charge < -0.3 is 0 Å². The van der Waals surface area contributed by atoms with Crippen LogP contribution in [0.3, 0.4) is 0 Å². The van der Waals surface area contributed by atoms with Crippen LogP contribution in [0.1, 0.15) is 49.4 Å². The summed E-state index contributed by atoms with van der Waals surface area (Å²) in [6, 6.07) is 4.32. The molecule has 0 heterocycles. The molecular weight excluding hydrogens is 251 g/mol. The number of halogens is 2. The van der Waals surface area contributed by atoms with Crippen LogP contribution < -0.4 is 0 Å². The minimum absolute atomic E-state index is 0.0144. The normalized spacial score (nSPS) is 23.9. The van der Waals surface area contributed by atoms with Crippen LogP contribution in [-0.2, 0) is 0 Å². The second-order valence-electron chi connectivity index (χ2n) is 5.05. The van der Waals surface area contributed by atoms with Gasteiger partial charge in [0.25, 0.3) is 0 Å². The molecule has 18 heavy (non-hydrogen) atoms. The number of Topliss-reactive ketones (excluding diaryl/α,β-unsaturated/α-hetero) is 1. The number of ketones is 1. The fraction of sp³-hybridized carbons (Fsp3) is 0.533. The molecule has 0 saturated heterocycles. The van der Waals surface area contributed by atoms with E-state index < -0.39 is 5.82 Å². The van der Waals surface area contributed by atoms with Gasteiger partial charge in [-0.15, -0.1) is 0 Å². The van der Waals surface area contributed by atoms with Gasteiger partial charge in [-0.25, -0.2) is 4.39 Å². The van der Waals surface area contributed by atoms with E-state index in [1.165, 1.54) is 18.6 Å². The largest absolute Gasteiger partial charge is 0.294 e. The van der Waals surface area contributed by atoms with Gasteiger partial charge >= 0.3 is 0 Å². The van der Waals surface area contributed by atoms with Gasteiger partial charge in [-0.3, -0.25) is 4.79 Å². The van der Waals surface area contributed by atoms with Crippen LogP contribution in [0, 0.1) is 17.7 Å². The second-order valence-corrected chi connectivity index (χ2v) is 5.48. The average molecular weight is 269 g/mol. The summed E-state index contributed by atoms with van der Waals surface area (Å²) < 4.78 is 13.8.